The molecule has 0 aromatic rings. The molecule has 0 aromatic carbocycles. The summed E-state index contributed by atoms with van der Waals surface area (Å²) < 4.78 is 15.2. The molecule has 0 aliphatic heterocycles. The van der Waals surface area contributed by atoms with E-state index < -0.39 is 8.80 Å². The van der Waals surface area contributed by atoms with Crippen LogP contribution < -0.4 is 0 Å². The third-order valence-corrected chi connectivity index (χ3v) is 3.52. The van der Waals surface area contributed by atoms with E-state index in [4.69, 9.17) is 19.7 Å². The summed E-state index contributed by atoms with van der Waals surface area (Å²) in [6, 6.07) is 0. The van der Waals surface area contributed by atoms with Gasteiger partial charge in [0.15, 0.2) is 0 Å². The van der Waals surface area contributed by atoms with Crippen LogP contribution in [0.15, 0.2) is 11.8 Å². The van der Waals surface area contributed by atoms with Crippen LogP contribution >= 0.6 is 0 Å². The molecule has 11 heavy (non-hydrogen) atoms. The number of terminal acetylenes is 1. The summed E-state index contributed by atoms with van der Waals surface area (Å²) in [5.41, 5.74) is 1.65. The molecular weight excluding hydrogens is 160 g/mol. The van der Waals surface area contributed by atoms with E-state index in [1.54, 1.807) is 5.70 Å². The van der Waals surface area contributed by atoms with Crippen molar-refractivity contribution in [3.63, 3.8) is 0 Å². The Morgan fingerprint density at radius 2 is 1.64 bits per heavy atom. The molecule has 0 unspecified atom stereocenters. The minimum Gasteiger partial charge on any atom is -0.374 e. The second kappa shape index (κ2) is 5.10. The largest absolute Gasteiger partial charge is 0.529 e. The molecule has 0 saturated heterocycles. The second-order valence-electron chi connectivity index (χ2n) is 1.72. The molecule has 0 atom stereocenters. The third-order valence-electron chi connectivity index (χ3n) is 1.24. The summed E-state index contributed by atoms with van der Waals surface area (Å²) in [5.74, 6) is 2.34. The fourth-order valence-corrected chi connectivity index (χ4v) is 1.81. The lowest BCUT2D eigenvalue weighted by Crippen LogP contribution is -2.40. The van der Waals surface area contributed by atoms with E-state index in [1.165, 1.54) is 27.4 Å². The molecule has 4 heteroatoms. The van der Waals surface area contributed by atoms with Crippen molar-refractivity contribution >= 4 is 8.80 Å². The number of hydrogen-bond donors (Lipinski definition) is 0. The van der Waals surface area contributed by atoms with Crippen LogP contribution in [0.5, 0.6) is 0 Å². The van der Waals surface area contributed by atoms with Crippen LogP contribution in [0, 0.1) is 12.3 Å². The quantitative estimate of drug-likeness (QED) is 0.459. The highest BCUT2D eigenvalue weighted by Crippen LogP contribution is 2.06. The lowest BCUT2D eigenvalue weighted by molar-refractivity contribution is 0.138. The number of rotatable bonds is 4. The molecule has 62 valence electrons. The fraction of sp³-hybridized carbons (Fsp3) is 0.429. The predicted octanol–water partition coefficient (Wildman–Crippen LogP) is 0.593. The van der Waals surface area contributed by atoms with E-state index in [1.807, 2.05) is 0 Å². The molecule has 0 rings (SSSR count). The van der Waals surface area contributed by atoms with Crippen molar-refractivity contribution in [3.05, 3.63) is 11.8 Å². The van der Waals surface area contributed by atoms with Gasteiger partial charge in [0.05, 0.1) is 0 Å². The third kappa shape index (κ3) is 2.86. The zero-order valence-electron chi connectivity index (χ0n) is 6.96. The topological polar surface area (TPSA) is 27.7 Å². The molecule has 0 N–H and O–H groups in total. The summed E-state index contributed by atoms with van der Waals surface area (Å²) in [4.78, 5) is 0. The molecule has 0 heterocycles. The molecular formula is C7H12O3Si. The van der Waals surface area contributed by atoms with Crippen molar-refractivity contribution in [3.8, 4) is 12.3 Å². The van der Waals surface area contributed by atoms with E-state index in [0.717, 1.165) is 0 Å². The van der Waals surface area contributed by atoms with Gasteiger partial charge >= 0.3 is 8.80 Å². The zero-order valence-corrected chi connectivity index (χ0v) is 7.96. The van der Waals surface area contributed by atoms with Crippen LogP contribution in [0.25, 0.3) is 0 Å². The van der Waals surface area contributed by atoms with E-state index in [2.05, 4.69) is 5.92 Å². The normalized spacial score (nSPS) is 11.8. The maximum atomic E-state index is 5.05. The fourth-order valence-electron chi connectivity index (χ4n) is 0.604. The molecule has 0 fully saturated rings. The average Bonchev–Trinajstić information content (AvgIpc) is 2.08. The van der Waals surface area contributed by atoms with Crippen molar-refractivity contribution in [2.45, 2.75) is 0 Å². The van der Waals surface area contributed by atoms with E-state index in [0.29, 0.717) is 0 Å². The van der Waals surface area contributed by atoms with Crippen LogP contribution in [0.1, 0.15) is 0 Å². The Hall–Kier alpha value is -0.603. The minimum absolute atomic E-state index is 1.52. The van der Waals surface area contributed by atoms with Crippen LogP contribution in [0.4, 0.5) is 0 Å². The molecule has 0 radical (unpaired) electrons. The Morgan fingerprint density at radius 1 is 1.18 bits per heavy atom. The van der Waals surface area contributed by atoms with Gasteiger partial charge in [-0.15, -0.1) is 6.42 Å². The molecule has 0 amide bonds. The highest BCUT2D eigenvalue weighted by Gasteiger charge is 2.34. The van der Waals surface area contributed by atoms with Gasteiger partial charge in [0.25, 0.3) is 0 Å². The van der Waals surface area contributed by atoms with Gasteiger partial charge in [0.2, 0.25) is 0 Å². The average molecular weight is 172 g/mol. The zero-order chi connectivity index (χ0) is 8.74. The SMILES string of the molecule is C#CC=C[Si](OC)(OC)OC. The van der Waals surface area contributed by atoms with Crippen LogP contribution in [-0.2, 0) is 13.3 Å². The summed E-state index contributed by atoms with van der Waals surface area (Å²) >= 11 is 0. The number of allylic oxidation sites excluding steroid dienone is 1. The highest BCUT2D eigenvalue weighted by atomic mass is 28.4. The Balaban J connectivity index is 4.31. The smallest absolute Gasteiger partial charge is 0.374 e. The van der Waals surface area contributed by atoms with E-state index in [9.17, 15) is 0 Å². The Labute approximate surface area is 68.3 Å². The standard InChI is InChI=1S/C7H12O3Si/c1-5-6-7-11(8-2,9-3)10-4/h1,6-7H,2-4H3. The molecule has 0 aromatic heterocycles. The summed E-state index contributed by atoms with van der Waals surface area (Å²) in [5, 5.41) is 0. The Morgan fingerprint density at radius 3 is 1.91 bits per heavy atom. The van der Waals surface area contributed by atoms with Crippen LogP contribution in [-0.4, -0.2) is 30.1 Å². The van der Waals surface area contributed by atoms with Crippen molar-refractivity contribution in [1.29, 1.82) is 0 Å². The Bertz CT molecular complexity index is 159. The minimum atomic E-state index is -2.56. The van der Waals surface area contributed by atoms with Gasteiger partial charge < -0.3 is 13.3 Å². The van der Waals surface area contributed by atoms with Crippen LogP contribution in [0.2, 0.25) is 0 Å². The van der Waals surface area contributed by atoms with E-state index >= 15 is 0 Å². The summed E-state index contributed by atoms with van der Waals surface area (Å²) in [6.45, 7) is 0. The number of hydrogen-bond acceptors (Lipinski definition) is 3. The maximum Gasteiger partial charge on any atom is 0.529 e. The van der Waals surface area contributed by atoms with Gasteiger partial charge in [-0.3, -0.25) is 0 Å². The lowest BCUT2D eigenvalue weighted by atomic mass is 10.7. The first-order chi connectivity index (χ1) is 5.24. The molecule has 0 spiro atoms. The summed E-state index contributed by atoms with van der Waals surface area (Å²) in [7, 11) is 2.02. The first-order valence-corrected chi connectivity index (χ1v) is 4.84. The summed E-state index contributed by atoms with van der Waals surface area (Å²) in [6.07, 6.45) is 6.54. The maximum absolute atomic E-state index is 5.05. The van der Waals surface area contributed by atoms with Gasteiger partial charge in [-0.2, -0.15) is 0 Å². The van der Waals surface area contributed by atoms with Gasteiger partial charge in [0.1, 0.15) is 0 Å². The Kier molecular flexibility index (Phi) is 4.82. The monoisotopic (exact) mass is 172 g/mol. The molecule has 0 saturated carbocycles. The van der Waals surface area contributed by atoms with Gasteiger partial charge in [-0.1, -0.05) is 5.92 Å². The van der Waals surface area contributed by atoms with Gasteiger partial charge in [-0.05, 0) is 11.8 Å². The first kappa shape index (κ1) is 10.4. The lowest BCUT2D eigenvalue weighted by Gasteiger charge is -2.19. The van der Waals surface area contributed by atoms with Gasteiger partial charge in [0, 0.05) is 21.3 Å². The first-order valence-electron chi connectivity index (χ1n) is 3.04. The molecule has 0 aliphatic rings. The van der Waals surface area contributed by atoms with Crippen LogP contribution in [0.3, 0.4) is 0 Å². The highest BCUT2D eigenvalue weighted by molar-refractivity contribution is 6.66. The molecule has 0 aliphatic carbocycles. The van der Waals surface area contributed by atoms with Crippen molar-refractivity contribution in [1.82, 2.24) is 0 Å². The van der Waals surface area contributed by atoms with Crippen molar-refractivity contribution in [2.75, 3.05) is 21.3 Å². The molecule has 3 nitrogen and oxygen atoms in total. The predicted molar refractivity (Wildman–Crippen MR) is 44.8 cm³/mol. The van der Waals surface area contributed by atoms with Crippen molar-refractivity contribution in [2.24, 2.45) is 0 Å². The van der Waals surface area contributed by atoms with Gasteiger partial charge in [-0.25, -0.2) is 0 Å². The van der Waals surface area contributed by atoms with E-state index in [-0.39, 0.29) is 0 Å². The second-order valence-corrected chi connectivity index (χ2v) is 4.48. The molecule has 0 bridgehead atoms. The van der Waals surface area contributed by atoms with Crippen molar-refractivity contribution < 1.29 is 13.3 Å².